The first kappa shape index (κ1) is 14.8. The van der Waals surface area contributed by atoms with Crippen LogP contribution in [-0.4, -0.2) is 29.6 Å². The van der Waals surface area contributed by atoms with Crippen molar-refractivity contribution in [3.8, 4) is 0 Å². The quantitative estimate of drug-likeness (QED) is 0.756. The molecule has 0 radical (unpaired) electrons. The van der Waals surface area contributed by atoms with Crippen LogP contribution in [0.3, 0.4) is 0 Å². The third-order valence-corrected chi connectivity index (χ3v) is 2.54. The Bertz CT molecular complexity index is 386. The van der Waals surface area contributed by atoms with Crippen LogP contribution in [0.2, 0.25) is 0 Å². The van der Waals surface area contributed by atoms with Gasteiger partial charge in [0, 0.05) is 0 Å². The molecule has 18 heavy (non-hydrogen) atoms. The Hall–Kier alpha value is -1.29. The lowest BCUT2D eigenvalue weighted by Gasteiger charge is -2.18. The SMILES string of the molecule is CCN(CC)Cc1ccc(C(=O)OC(C)(C)C)o1. The summed E-state index contributed by atoms with van der Waals surface area (Å²) in [5.74, 6) is 0.653. The number of esters is 1. The van der Waals surface area contributed by atoms with Crippen molar-refractivity contribution in [3.63, 3.8) is 0 Å². The highest BCUT2D eigenvalue weighted by Gasteiger charge is 2.20. The molecule has 0 aliphatic rings. The van der Waals surface area contributed by atoms with Gasteiger partial charge in [0.25, 0.3) is 0 Å². The third kappa shape index (κ3) is 4.53. The average molecular weight is 253 g/mol. The summed E-state index contributed by atoms with van der Waals surface area (Å²) in [6.07, 6.45) is 0. The third-order valence-electron chi connectivity index (χ3n) is 2.54. The molecule has 0 saturated carbocycles. The number of nitrogens with zero attached hydrogens (tertiary/aromatic N) is 1. The lowest BCUT2D eigenvalue weighted by Crippen LogP contribution is -2.23. The minimum atomic E-state index is -0.497. The van der Waals surface area contributed by atoms with Crippen molar-refractivity contribution in [2.24, 2.45) is 0 Å². The van der Waals surface area contributed by atoms with Crippen molar-refractivity contribution < 1.29 is 13.9 Å². The van der Waals surface area contributed by atoms with Crippen LogP contribution < -0.4 is 0 Å². The summed E-state index contributed by atoms with van der Waals surface area (Å²) < 4.78 is 10.8. The number of carbonyl (C=O) groups is 1. The highest BCUT2D eigenvalue weighted by molar-refractivity contribution is 5.86. The lowest BCUT2D eigenvalue weighted by molar-refractivity contribution is 0.00333. The molecular weight excluding hydrogens is 230 g/mol. The number of ether oxygens (including phenoxy) is 1. The van der Waals surface area contributed by atoms with Gasteiger partial charge in [0.05, 0.1) is 6.54 Å². The molecule has 0 aromatic carbocycles. The zero-order valence-corrected chi connectivity index (χ0v) is 11.9. The van der Waals surface area contributed by atoms with E-state index in [0.29, 0.717) is 0 Å². The maximum atomic E-state index is 11.8. The van der Waals surface area contributed by atoms with Gasteiger partial charge in [-0.05, 0) is 46.0 Å². The smallest absolute Gasteiger partial charge is 0.374 e. The molecule has 0 aliphatic carbocycles. The Morgan fingerprint density at radius 1 is 1.28 bits per heavy atom. The van der Waals surface area contributed by atoms with Gasteiger partial charge in [0.15, 0.2) is 0 Å². The maximum Gasteiger partial charge on any atom is 0.374 e. The van der Waals surface area contributed by atoms with Gasteiger partial charge >= 0.3 is 5.97 Å². The fraction of sp³-hybridized carbons (Fsp3) is 0.643. The molecule has 1 aromatic rings. The zero-order valence-electron chi connectivity index (χ0n) is 11.9. The summed E-state index contributed by atoms with van der Waals surface area (Å²) >= 11 is 0. The number of hydrogen-bond donors (Lipinski definition) is 0. The standard InChI is InChI=1S/C14H23NO3/c1-6-15(7-2)10-11-8-9-12(17-11)13(16)18-14(3,4)5/h8-9H,6-7,10H2,1-5H3. The first-order valence-electron chi connectivity index (χ1n) is 6.40. The molecule has 0 amide bonds. The highest BCUT2D eigenvalue weighted by atomic mass is 16.6. The van der Waals surface area contributed by atoms with Crippen LogP contribution in [0.1, 0.15) is 50.9 Å². The molecule has 1 heterocycles. The van der Waals surface area contributed by atoms with Crippen molar-refractivity contribution in [2.45, 2.75) is 46.8 Å². The average Bonchev–Trinajstić information content (AvgIpc) is 2.72. The van der Waals surface area contributed by atoms with E-state index in [2.05, 4.69) is 18.7 Å². The fourth-order valence-corrected chi connectivity index (χ4v) is 1.57. The minimum Gasteiger partial charge on any atom is -0.454 e. The van der Waals surface area contributed by atoms with E-state index in [1.165, 1.54) is 0 Å². The van der Waals surface area contributed by atoms with Crippen LogP contribution >= 0.6 is 0 Å². The van der Waals surface area contributed by atoms with Crippen molar-refractivity contribution in [1.82, 2.24) is 4.90 Å². The molecule has 1 aromatic heterocycles. The summed E-state index contributed by atoms with van der Waals surface area (Å²) in [4.78, 5) is 14.0. The Balaban J connectivity index is 2.65. The molecule has 0 fully saturated rings. The minimum absolute atomic E-state index is 0.270. The lowest BCUT2D eigenvalue weighted by atomic mass is 10.2. The molecule has 0 spiro atoms. The Morgan fingerprint density at radius 3 is 2.39 bits per heavy atom. The van der Waals surface area contributed by atoms with Gasteiger partial charge in [-0.3, -0.25) is 4.90 Å². The monoisotopic (exact) mass is 253 g/mol. The molecule has 0 N–H and O–H groups in total. The first-order chi connectivity index (χ1) is 8.35. The van der Waals surface area contributed by atoms with Crippen molar-refractivity contribution in [1.29, 1.82) is 0 Å². The molecule has 1 rings (SSSR count). The summed E-state index contributed by atoms with van der Waals surface area (Å²) in [5.41, 5.74) is -0.497. The Labute approximate surface area is 109 Å². The van der Waals surface area contributed by atoms with Gasteiger partial charge in [-0.25, -0.2) is 4.79 Å². The zero-order chi connectivity index (χ0) is 13.8. The van der Waals surface area contributed by atoms with E-state index >= 15 is 0 Å². The van der Waals surface area contributed by atoms with Crippen LogP contribution in [0, 0.1) is 0 Å². The summed E-state index contributed by atoms with van der Waals surface area (Å²) in [6.45, 7) is 12.3. The van der Waals surface area contributed by atoms with Crippen LogP contribution in [0.5, 0.6) is 0 Å². The molecule has 0 bridgehead atoms. The molecule has 0 saturated heterocycles. The molecule has 4 heteroatoms. The molecule has 0 aliphatic heterocycles. The van der Waals surface area contributed by atoms with Gasteiger partial charge in [0.1, 0.15) is 11.4 Å². The van der Waals surface area contributed by atoms with Crippen molar-refractivity contribution in [3.05, 3.63) is 23.7 Å². The molecular formula is C14H23NO3. The highest BCUT2D eigenvalue weighted by Crippen LogP contribution is 2.15. The number of furan rings is 1. The normalized spacial score (nSPS) is 11.9. The van der Waals surface area contributed by atoms with Crippen molar-refractivity contribution >= 4 is 5.97 Å². The second-order valence-electron chi connectivity index (χ2n) is 5.23. The van der Waals surface area contributed by atoms with Gasteiger partial charge < -0.3 is 9.15 Å². The van der Waals surface area contributed by atoms with Gasteiger partial charge in [-0.2, -0.15) is 0 Å². The number of rotatable bonds is 5. The van der Waals surface area contributed by atoms with Crippen LogP contribution in [0.25, 0.3) is 0 Å². The van der Waals surface area contributed by atoms with E-state index in [-0.39, 0.29) is 5.76 Å². The van der Waals surface area contributed by atoms with Crippen LogP contribution in [0.15, 0.2) is 16.5 Å². The van der Waals surface area contributed by atoms with Gasteiger partial charge in [-0.1, -0.05) is 13.8 Å². The second-order valence-corrected chi connectivity index (χ2v) is 5.23. The van der Waals surface area contributed by atoms with E-state index in [0.717, 1.165) is 25.4 Å². The van der Waals surface area contributed by atoms with Crippen LogP contribution in [-0.2, 0) is 11.3 Å². The van der Waals surface area contributed by atoms with E-state index in [4.69, 9.17) is 9.15 Å². The van der Waals surface area contributed by atoms with Crippen LogP contribution in [0.4, 0.5) is 0 Å². The predicted molar refractivity (Wildman–Crippen MR) is 70.5 cm³/mol. The molecule has 4 nitrogen and oxygen atoms in total. The largest absolute Gasteiger partial charge is 0.454 e. The molecule has 0 atom stereocenters. The van der Waals surface area contributed by atoms with Crippen molar-refractivity contribution in [2.75, 3.05) is 13.1 Å². The van der Waals surface area contributed by atoms with E-state index in [1.54, 1.807) is 6.07 Å². The topological polar surface area (TPSA) is 42.7 Å². The molecule has 0 unspecified atom stereocenters. The van der Waals surface area contributed by atoms with E-state index in [1.807, 2.05) is 26.8 Å². The van der Waals surface area contributed by atoms with Gasteiger partial charge in [0.2, 0.25) is 5.76 Å². The van der Waals surface area contributed by atoms with Gasteiger partial charge in [-0.15, -0.1) is 0 Å². The summed E-state index contributed by atoms with van der Waals surface area (Å²) in [7, 11) is 0. The predicted octanol–water partition coefficient (Wildman–Crippen LogP) is 3.08. The van der Waals surface area contributed by atoms with E-state index < -0.39 is 11.6 Å². The maximum absolute atomic E-state index is 11.8. The first-order valence-corrected chi connectivity index (χ1v) is 6.40. The second kappa shape index (κ2) is 6.05. The summed E-state index contributed by atoms with van der Waals surface area (Å²) in [5, 5.41) is 0. The number of hydrogen-bond acceptors (Lipinski definition) is 4. The fourth-order valence-electron chi connectivity index (χ4n) is 1.57. The molecule has 102 valence electrons. The summed E-state index contributed by atoms with van der Waals surface area (Å²) in [6, 6.07) is 3.50. The van der Waals surface area contributed by atoms with E-state index in [9.17, 15) is 4.79 Å². The number of carbonyl (C=O) groups excluding carboxylic acids is 1. The Kier molecular flexibility index (Phi) is 4.96. The Morgan fingerprint density at radius 2 is 1.89 bits per heavy atom.